The number of aliphatic hydroxyl groups excluding tert-OH is 1. The number of carbonyl (C=O) groups excluding carboxylic acids is 1. The highest BCUT2D eigenvalue weighted by Crippen LogP contribution is 2.25. The fraction of sp³-hybridized carbons (Fsp3) is 0.706. The first-order chi connectivity index (χ1) is 11.3. The topological polar surface area (TPSA) is 55.8 Å². The molecule has 2 fully saturated rings. The molecular weight excluding hydrogens is 310 g/mol. The molecule has 128 valence electrons. The third kappa shape index (κ3) is 4.18. The lowest BCUT2D eigenvalue weighted by Crippen LogP contribution is -2.53. The van der Waals surface area contributed by atoms with Crippen molar-refractivity contribution in [3.63, 3.8) is 0 Å². The van der Waals surface area contributed by atoms with Crippen LogP contribution >= 0.6 is 11.3 Å². The van der Waals surface area contributed by atoms with Gasteiger partial charge in [0.15, 0.2) is 0 Å². The van der Waals surface area contributed by atoms with Crippen LogP contribution in [-0.4, -0.2) is 54.4 Å². The van der Waals surface area contributed by atoms with E-state index in [4.69, 9.17) is 0 Å². The van der Waals surface area contributed by atoms with Crippen LogP contribution < -0.4 is 10.2 Å². The lowest BCUT2D eigenvalue weighted by atomic mass is 10.00. The molecule has 2 amide bonds. The van der Waals surface area contributed by atoms with E-state index in [1.54, 1.807) is 11.3 Å². The van der Waals surface area contributed by atoms with Crippen LogP contribution in [0, 0.1) is 0 Å². The van der Waals surface area contributed by atoms with Gasteiger partial charge >= 0.3 is 6.03 Å². The molecule has 23 heavy (non-hydrogen) atoms. The Hall–Kier alpha value is -1.27. The van der Waals surface area contributed by atoms with E-state index in [9.17, 15) is 9.90 Å². The standard InChI is InChI=1S/C17H27N3O2S/c21-12-8-15-4-1-2-9-20(15)17(22)18-14-6-10-19(11-7-14)16-5-3-13-23-16/h3,5,13-15,21H,1-2,4,6-12H2,(H,18,22). The fourth-order valence-electron chi connectivity index (χ4n) is 3.67. The Balaban J connectivity index is 1.48. The SMILES string of the molecule is O=C(NC1CCN(c2cccs2)CC1)N1CCCCC1CCO. The van der Waals surface area contributed by atoms with Crippen LogP contribution in [0.2, 0.25) is 0 Å². The number of thiophene rings is 1. The van der Waals surface area contributed by atoms with E-state index in [2.05, 4.69) is 27.7 Å². The zero-order valence-electron chi connectivity index (χ0n) is 13.6. The molecule has 0 radical (unpaired) electrons. The predicted octanol–water partition coefficient (Wildman–Crippen LogP) is 2.66. The molecule has 2 aliphatic heterocycles. The minimum absolute atomic E-state index is 0.0673. The van der Waals surface area contributed by atoms with Gasteiger partial charge in [-0.05, 0) is 56.0 Å². The Labute approximate surface area is 142 Å². The Morgan fingerprint density at radius 2 is 2.09 bits per heavy atom. The van der Waals surface area contributed by atoms with Crippen LogP contribution in [-0.2, 0) is 0 Å². The number of nitrogens with zero attached hydrogens (tertiary/aromatic N) is 2. The van der Waals surface area contributed by atoms with Crippen LogP contribution in [0.1, 0.15) is 38.5 Å². The molecule has 1 aromatic rings. The number of amides is 2. The second-order valence-corrected chi connectivity index (χ2v) is 7.44. The van der Waals surface area contributed by atoms with Crippen molar-refractivity contribution in [3.05, 3.63) is 17.5 Å². The summed E-state index contributed by atoms with van der Waals surface area (Å²) in [7, 11) is 0. The summed E-state index contributed by atoms with van der Waals surface area (Å²) in [6, 6.07) is 4.80. The first-order valence-corrected chi connectivity index (χ1v) is 9.62. The molecule has 0 aromatic carbocycles. The molecule has 0 bridgehead atoms. The van der Waals surface area contributed by atoms with Crippen molar-refractivity contribution in [3.8, 4) is 0 Å². The van der Waals surface area contributed by atoms with Gasteiger partial charge in [-0.2, -0.15) is 0 Å². The van der Waals surface area contributed by atoms with Crippen LogP contribution in [0.15, 0.2) is 17.5 Å². The van der Waals surface area contributed by atoms with Crippen molar-refractivity contribution in [2.45, 2.75) is 50.6 Å². The summed E-state index contributed by atoms with van der Waals surface area (Å²) in [5, 5.41) is 15.9. The lowest BCUT2D eigenvalue weighted by Gasteiger charge is -2.38. The molecule has 2 saturated heterocycles. The Kier molecular flexibility index (Phi) is 5.78. The van der Waals surface area contributed by atoms with E-state index in [0.29, 0.717) is 6.42 Å². The van der Waals surface area contributed by atoms with Gasteiger partial charge in [-0.25, -0.2) is 4.79 Å². The maximum absolute atomic E-state index is 12.6. The number of carbonyl (C=O) groups is 1. The van der Waals surface area contributed by atoms with Gasteiger partial charge in [0.2, 0.25) is 0 Å². The highest BCUT2D eigenvalue weighted by Gasteiger charge is 2.28. The Morgan fingerprint density at radius 1 is 1.26 bits per heavy atom. The van der Waals surface area contributed by atoms with Gasteiger partial charge in [0.25, 0.3) is 0 Å². The molecule has 2 N–H and O–H groups in total. The van der Waals surface area contributed by atoms with Gasteiger partial charge in [0.1, 0.15) is 0 Å². The number of hydrogen-bond acceptors (Lipinski definition) is 4. The van der Waals surface area contributed by atoms with Crippen molar-refractivity contribution in [1.82, 2.24) is 10.2 Å². The maximum atomic E-state index is 12.6. The minimum Gasteiger partial charge on any atom is -0.396 e. The van der Waals surface area contributed by atoms with Crippen LogP contribution in [0.3, 0.4) is 0 Å². The largest absolute Gasteiger partial charge is 0.396 e. The van der Waals surface area contributed by atoms with E-state index in [1.165, 1.54) is 5.00 Å². The van der Waals surface area contributed by atoms with Crippen LogP contribution in [0.25, 0.3) is 0 Å². The Bertz CT molecular complexity index is 484. The van der Waals surface area contributed by atoms with Gasteiger partial charge in [-0.3, -0.25) is 0 Å². The fourth-order valence-corrected chi connectivity index (χ4v) is 4.45. The quantitative estimate of drug-likeness (QED) is 0.888. The molecule has 1 unspecified atom stereocenters. The minimum atomic E-state index is 0.0673. The average Bonchev–Trinajstić information content (AvgIpc) is 3.11. The summed E-state index contributed by atoms with van der Waals surface area (Å²) in [6.07, 6.45) is 5.96. The molecule has 2 aliphatic rings. The van der Waals surface area contributed by atoms with Crippen molar-refractivity contribution >= 4 is 22.4 Å². The van der Waals surface area contributed by atoms with Crippen LogP contribution in [0.5, 0.6) is 0 Å². The van der Waals surface area contributed by atoms with Crippen molar-refractivity contribution in [2.24, 2.45) is 0 Å². The summed E-state index contributed by atoms with van der Waals surface area (Å²) in [5.74, 6) is 0. The van der Waals surface area contributed by atoms with Gasteiger partial charge in [-0.1, -0.05) is 0 Å². The molecule has 0 saturated carbocycles. The van der Waals surface area contributed by atoms with Crippen molar-refractivity contribution in [1.29, 1.82) is 0 Å². The highest BCUT2D eigenvalue weighted by atomic mass is 32.1. The zero-order chi connectivity index (χ0) is 16.1. The summed E-state index contributed by atoms with van der Waals surface area (Å²) in [6.45, 7) is 3.00. The second kappa shape index (κ2) is 8.02. The zero-order valence-corrected chi connectivity index (χ0v) is 14.4. The summed E-state index contributed by atoms with van der Waals surface area (Å²) >= 11 is 1.78. The maximum Gasteiger partial charge on any atom is 0.317 e. The normalized spacial score (nSPS) is 23.1. The lowest BCUT2D eigenvalue weighted by molar-refractivity contribution is 0.128. The first-order valence-electron chi connectivity index (χ1n) is 8.74. The van der Waals surface area contributed by atoms with E-state index in [-0.39, 0.29) is 24.7 Å². The Morgan fingerprint density at radius 3 is 2.78 bits per heavy atom. The summed E-state index contributed by atoms with van der Waals surface area (Å²) in [4.78, 5) is 16.9. The van der Waals surface area contributed by atoms with Crippen molar-refractivity contribution < 1.29 is 9.90 Å². The number of anilines is 1. The number of rotatable bonds is 4. The molecule has 3 heterocycles. The van der Waals surface area contributed by atoms with E-state index < -0.39 is 0 Å². The molecule has 1 aromatic heterocycles. The number of hydrogen-bond donors (Lipinski definition) is 2. The number of aliphatic hydroxyl groups is 1. The molecule has 0 spiro atoms. The molecule has 5 nitrogen and oxygen atoms in total. The van der Waals surface area contributed by atoms with E-state index in [0.717, 1.165) is 51.7 Å². The number of nitrogens with one attached hydrogen (secondary N) is 1. The molecule has 3 rings (SSSR count). The van der Waals surface area contributed by atoms with Gasteiger partial charge in [0, 0.05) is 38.3 Å². The first kappa shape index (κ1) is 16.6. The van der Waals surface area contributed by atoms with Gasteiger partial charge in [-0.15, -0.1) is 11.3 Å². The predicted molar refractivity (Wildman–Crippen MR) is 94.1 cm³/mol. The number of likely N-dealkylation sites (tertiary alicyclic amines) is 1. The van der Waals surface area contributed by atoms with E-state index >= 15 is 0 Å². The number of urea groups is 1. The molecule has 0 aliphatic carbocycles. The smallest absolute Gasteiger partial charge is 0.317 e. The number of piperidine rings is 2. The van der Waals surface area contributed by atoms with Gasteiger partial charge in [0.05, 0.1) is 5.00 Å². The third-order valence-electron chi connectivity index (χ3n) is 4.99. The van der Waals surface area contributed by atoms with Crippen LogP contribution in [0.4, 0.5) is 9.80 Å². The summed E-state index contributed by atoms with van der Waals surface area (Å²) < 4.78 is 0. The molecule has 1 atom stereocenters. The summed E-state index contributed by atoms with van der Waals surface area (Å²) in [5.41, 5.74) is 0. The monoisotopic (exact) mass is 337 g/mol. The highest BCUT2D eigenvalue weighted by molar-refractivity contribution is 7.14. The van der Waals surface area contributed by atoms with Crippen molar-refractivity contribution in [2.75, 3.05) is 31.1 Å². The van der Waals surface area contributed by atoms with E-state index in [1.807, 2.05) is 4.90 Å². The second-order valence-electron chi connectivity index (χ2n) is 6.52. The third-order valence-corrected chi connectivity index (χ3v) is 5.92. The average molecular weight is 337 g/mol. The molecular formula is C17H27N3O2S. The van der Waals surface area contributed by atoms with Gasteiger partial charge < -0.3 is 20.2 Å². The molecule has 6 heteroatoms.